The van der Waals surface area contributed by atoms with Crippen LogP contribution in [-0.2, 0) is 6.54 Å². The van der Waals surface area contributed by atoms with Gasteiger partial charge in [0.05, 0.1) is 12.1 Å². The quantitative estimate of drug-likeness (QED) is 0.727. The van der Waals surface area contributed by atoms with Crippen LogP contribution in [0.1, 0.15) is 32.0 Å². The molecule has 0 aliphatic rings. The zero-order chi connectivity index (χ0) is 10.6. The molecule has 0 saturated carbocycles. The highest BCUT2D eigenvalue weighted by molar-refractivity contribution is 4.83. The summed E-state index contributed by atoms with van der Waals surface area (Å²) in [6.07, 6.45) is 0.711. The van der Waals surface area contributed by atoms with Gasteiger partial charge in [0.15, 0.2) is 5.82 Å². The van der Waals surface area contributed by atoms with Crippen molar-refractivity contribution < 1.29 is 9.63 Å². The molecule has 1 aromatic rings. The van der Waals surface area contributed by atoms with Crippen molar-refractivity contribution in [3.63, 3.8) is 0 Å². The van der Waals surface area contributed by atoms with E-state index in [1.165, 1.54) is 0 Å². The van der Waals surface area contributed by atoms with Crippen LogP contribution in [0.4, 0.5) is 0 Å². The van der Waals surface area contributed by atoms with Crippen LogP contribution in [0, 0.1) is 6.92 Å². The molecule has 0 aliphatic heterocycles. The first-order valence-electron chi connectivity index (χ1n) is 4.76. The highest BCUT2D eigenvalue weighted by Crippen LogP contribution is 2.06. The number of nitrogens with zero attached hydrogens (tertiary/aromatic N) is 2. The monoisotopic (exact) mass is 199 g/mol. The summed E-state index contributed by atoms with van der Waals surface area (Å²) in [4.78, 5) is 4.03. The van der Waals surface area contributed by atoms with Gasteiger partial charge in [-0.15, -0.1) is 0 Å². The van der Waals surface area contributed by atoms with Crippen molar-refractivity contribution in [2.45, 2.75) is 39.3 Å². The summed E-state index contributed by atoms with van der Waals surface area (Å²) in [5, 5.41) is 16.4. The van der Waals surface area contributed by atoms with E-state index in [1.54, 1.807) is 13.8 Å². The van der Waals surface area contributed by atoms with Gasteiger partial charge in [0, 0.05) is 6.54 Å². The lowest BCUT2D eigenvalue weighted by atomic mass is 10.0. The fourth-order valence-electron chi connectivity index (χ4n) is 0.976. The predicted octanol–water partition coefficient (Wildman–Crippen LogP) is 0.629. The molecule has 0 aromatic carbocycles. The van der Waals surface area contributed by atoms with Crippen molar-refractivity contribution >= 4 is 0 Å². The molecule has 1 rings (SSSR count). The smallest absolute Gasteiger partial charge is 0.240 e. The van der Waals surface area contributed by atoms with Crippen molar-refractivity contribution in [1.82, 2.24) is 15.5 Å². The molecule has 5 nitrogen and oxygen atoms in total. The lowest BCUT2D eigenvalue weighted by molar-refractivity contribution is 0.0549. The molecule has 14 heavy (non-hydrogen) atoms. The topological polar surface area (TPSA) is 71.2 Å². The highest BCUT2D eigenvalue weighted by atomic mass is 16.5. The highest BCUT2D eigenvalue weighted by Gasteiger charge is 2.16. The zero-order valence-electron chi connectivity index (χ0n) is 8.87. The Bertz CT molecular complexity index is 283. The number of nitrogens with one attached hydrogen (secondary N) is 1. The second kappa shape index (κ2) is 4.52. The normalized spacial score (nSPS) is 15.4. The number of aliphatic hydroxyl groups is 1. The third kappa shape index (κ3) is 3.43. The van der Waals surface area contributed by atoms with Crippen LogP contribution in [0.15, 0.2) is 4.52 Å². The van der Waals surface area contributed by atoms with E-state index in [4.69, 9.17) is 4.52 Å². The Balaban J connectivity index is 2.28. The molecule has 0 spiro atoms. The van der Waals surface area contributed by atoms with Crippen LogP contribution in [0.25, 0.3) is 0 Å². The molecule has 1 aromatic heterocycles. The Morgan fingerprint density at radius 2 is 2.29 bits per heavy atom. The number of aryl methyl sites for hydroxylation is 1. The van der Waals surface area contributed by atoms with Crippen molar-refractivity contribution in [1.29, 1.82) is 0 Å². The van der Waals surface area contributed by atoms with E-state index in [1.807, 2.05) is 6.92 Å². The van der Waals surface area contributed by atoms with Gasteiger partial charge in [0.25, 0.3) is 0 Å². The first kappa shape index (κ1) is 11.1. The van der Waals surface area contributed by atoms with E-state index >= 15 is 0 Å². The first-order valence-corrected chi connectivity index (χ1v) is 4.76. The molecule has 2 N–H and O–H groups in total. The van der Waals surface area contributed by atoms with Crippen LogP contribution in [0.3, 0.4) is 0 Å². The second-order valence-corrected chi connectivity index (χ2v) is 3.69. The van der Waals surface area contributed by atoms with Crippen molar-refractivity contribution in [2.75, 3.05) is 6.54 Å². The molecular formula is C9H17N3O2. The molecule has 0 amide bonds. The van der Waals surface area contributed by atoms with E-state index in [0.29, 0.717) is 31.2 Å². The van der Waals surface area contributed by atoms with Crippen molar-refractivity contribution in [3.8, 4) is 0 Å². The minimum atomic E-state index is -0.672. The Kier molecular flexibility index (Phi) is 3.60. The summed E-state index contributed by atoms with van der Waals surface area (Å²) in [6, 6.07) is 0. The Hall–Kier alpha value is -0.940. The minimum absolute atomic E-state index is 0.497. The maximum Gasteiger partial charge on any atom is 0.240 e. The fraction of sp³-hybridized carbons (Fsp3) is 0.778. The van der Waals surface area contributed by atoms with Crippen molar-refractivity contribution in [2.24, 2.45) is 0 Å². The first-order chi connectivity index (χ1) is 6.53. The predicted molar refractivity (Wildman–Crippen MR) is 51.7 cm³/mol. The summed E-state index contributed by atoms with van der Waals surface area (Å²) in [5.41, 5.74) is -0.672. The molecule has 80 valence electrons. The summed E-state index contributed by atoms with van der Waals surface area (Å²) >= 11 is 0. The summed E-state index contributed by atoms with van der Waals surface area (Å²) in [7, 11) is 0. The lowest BCUT2D eigenvalue weighted by Gasteiger charge is -2.20. The van der Waals surface area contributed by atoms with E-state index < -0.39 is 5.60 Å². The lowest BCUT2D eigenvalue weighted by Crippen LogP contribution is -2.36. The van der Waals surface area contributed by atoms with Gasteiger partial charge >= 0.3 is 0 Å². The van der Waals surface area contributed by atoms with Crippen LogP contribution in [0.2, 0.25) is 0 Å². The number of hydrogen-bond donors (Lipinski definition) is 2. The maximum absolute atomic E-state index is 9.68. The molecule has 0 bridgehead atoms. The van der Waals surface area contributed by atoms with Crippen LogP contribution < -0.4 is 5.32 Å². The maximum atomic E-state index is 9.68. The Morgan fingerprint density at radius 3 is 2.79 bits per heavy atom. The molecule has 1 heterocycles. The van der Waals surface area contributed by atoms with E-state index in [-0.39, 0.29) is 0 Å². The molecule has 0 fully saturated rings. The molecule has 0 radical (unpaired) electrons. The van der Waals surface area contributed by atoms with Crippen LogP contribution in [0.5, 0.6) is 0 Å². The average Bonchev–Trinajstić information content (AvgIpc) is 2.51. The third-order valence-electron chi connectivity index (χ3n) is 2.11. The van der Waals surface area contributed by atoms with Crippen molar-refractivity contribution in [3.05, 3.63) is 11.7 Å². The van der Waals surface area contributed by atoms with E-state index in [0.717, 1.165) is 0 Å². The van der Waals surface area contributed by atoms with Crippen LogP contribution in [-0.4, -0.2) is 27.4 Å². The molecule has 0 aliphatic carbocycles. The standard InChI is InChI=1S/C9H17N3O2/c1-4-9(3,13)6-10-5-8-11-7(2)12-14-8/h10,13H,4-6H2,1-3H3. The van der Waals surface area contributed by atoms with Gasteiger partial charge < -0.3 is 14.9 Å². The van der Waals surface area contributed by atoms with Gasteiger partial charge in [-0.1, -0.05) is 12.1 Å². The Morgan fingerprint density at radius 1 is 1.57 bits per heavy atom. The number of aromatic nitrogens is 2. The summed E-state index contributed by atoms with van der Waals surface area (Å²) in [5.74, 6) is 1.18. The Labute approximate surface area is 83.5 Å². The summed E-state index contributed by atoms with van der Waals surface area (Å²) in [6.45, 7) is 6.52. The van der Waals surface area contributed by atoms with Gasteiger partial charge in [0.2, 0.25) is 5.89 Å². The molecule has 5 heteroatoms. The number of rotatable bonds is 5. The van der Waals surface area contributed by atoms with E-state index in [9.17, 15) is 5.11 Å². The summed E-state index contributed by atoms with van der Waals surface area (Å²) < 4.78 is 4.91. The SMILES string of the molecule is CCC(C)(O)CNCc1nc(C)no1. The fourth-order valence-corrected chi connectivity index (χ4v) is 0.976. The average molecular weight is 199 g/mol. The molecule has 0 saturated heterocycles. The second-order valence-electron chi connectivity index (χ2n) is 3.69. The largest absolute Gasteiger partial charge is 0.389 e. The van der Waals surface area contributed by atoms with E-state index in [2.05, 4.69) is 15.5 Å². The zero-order valence-corrected chi connectivity index (χ0v) is 8.87. The van der Waals surface area contributed by atoms with Gasteiger partial charge in [-0.2, -0.15) is 4.98 Å². The van der Waals surface area contributed by atoms with Gasteiger partial charge in [-0.25, -0.2) is 0 Å². The van der Waals surface area contributed by atoms with Gasteiger partial charge in [0.1, 0.15) is 0 Å². The molecule has 1 atom stereocenters. The van der Waals surface area contributed by atoms with Gasteiger partial charge in [-0.05, 0) is 20.3 Å². The molecule has 1 unspecified atom stereocenters. The third-order valence-corrected chi connectivity index (χ3v) is 2.11. The number of hydrogen-bond acceptors (Lipinski definition) is 5. The minimum Gasteiger partial charge on any atom is -0.389 e. The van der Waals surface area contributed by atoms with Gasteiger partial charge in [-0.3, -0.25) is 0 Å². The van der Waals surface area contributed by atoms with Crippen LogP contribution >= 0.6 is 0 Å². The molecular weight excluding hydrogens is 182 g/mol.